The number of amides is 2. The van der Waals surface area contributed by atoms with E-state index in [1.54, 1.807) is 41.8 Å². The molecule has 0 spiro atoms. The van der Waals surface area contributed by atoms with E-state index in [9.17, 15) is 19.2 Å². The SMILES string of the molecule is CO/N=C(\C(=O)N[C@@H]1C(=O)N2C(C(=O)OC(C)OC(=O)c3ccccc3)=CCS[C@H]12)c1csc(N)n1. The van der Waals surface area contributed by atoms with Gasteiger partial charge in [0.1, 0.15) is 29.9 Å². The molecule has 2 aliphatic rings. The topological polar surface area (TPSA) is 163 Å². The molecule has 188 valence electrons. The van der Waals surface area contributed by atoms with E-state index in [2.05, 4.69) is 15.5 Å². The molecule has 36 heavy (non-hydrogen) atoms. The molecule has 1 fully saturated rings. The zero-order valence-electron chi connectivity index (χ0n) is 19.1. The van der Waals surface area contributed by atoms with Gasteiger partial charge in [0.05, 0.1) is 5.56 Å². The first-order valence-corrected chi connectivity index (χ1v) is 12.5. The minimum atomic E-state index is -1.19. The Labute approximate surface area is 213 Å². The van der Waals surface area contributed by atoms with Gasteiger partial charge in [0.2, 0.25) is 6.29 Å². The summed E-state index contributed by atoms with van der Waals surface area (Å²) in [6.07, 6.45) is 0.352. The largest absolute Gasteiger partial charge is 0.422 e. The van der Waals surface area contributed by atoms with Crippen molar-refractivity contribution in [1.29, 1.82) is 0 Å². The lowest BCUT2D eigenvalue weighted by atomic mass is 10.0. The molecule has 0 saturated carbocycles. The van der Waals surface area contributed by atoms with Crippen LogP contribution in [0.4, 0.5) is 5.13 Å². The number of thiazole rings is 1. The number of esters is 2. The third-order valence-corrected chi connectivity index (χ3v) is 6.92. The first kappa shape index (κ1) is 25.2. The molecule has 1 aromatic carbocycles. The maximum atomic E-state index is 12.9. The Morgan fingerprint density at radius 2 is 1.94 bits per heavy atom. The molecule has 3 heterocycles. The van der Waals surface area contributed by atoms with Gasteiger partial charge in [-0.2, -0.15) is 0 Å². The Morgan fingerprint density at radius 1 is 1.22 bits per heavy atom. The minimum Gasteiger partial charge on any atom is -0.422 e. The predicted octanol–water partition coefficient (Wildman–Crippen LogP) is 1.11. The Morgan fingerprint density at radius 3 is 2.61 bits per heavy atom. The number of hydrogen-bond donors (Lipinski definition) is 2. The van der Waals surface area contributed by atoms with Crippen molar-refractivity contribution < 1.29 is 33.5 Å². The zero-order chi connectivity index (χ0) is 25.8. The highest BCUT2D eigenvalue weighted by atomic mass is 32.2. The molecular weight excluding hydrogens is 510 g/mol. The molecule has 1 saturated heterocycles. The number of nitrogen functional groups attached to an aromatic ring is 1. The quantitative estimate of drug-likeness (QED) is 0.166. The number of carbonyl (C=O) groups excluding carboxylic acids is 4. The van der Waals surface area contributed by atoms with Crippen molar-refractivity contribution >= 4 is 57.7 Å². The Bertz CT molecular complexity index is 1250. The fourth-order valence-corrected chi connectivity index (χ4v) is 5.20. The highest BCUT2D eigenvalue weighted by molar-refractivity contribution is 8.00. The molecule has 14 heteroatoms. The third-order valence-electron chi connectivity index (χ3n) is 5.06. The number of fused-ring (bicyclic) bond motifs is 1. The molecule has 2 aromatic rings. The fraction of sp³-hybridized carbons (Fsp3) is 0.273. The van der Waals surface area contributed by atoms with Crippen LogP contribution in [-0.4, -0.2) is 69.9 Å². The number of thioether (sulfide) groups is 1. The van der Waals surface area contributed by atoms with Gasteiger partial charge in [-0.25, -0.2) is 14.6 Å². The van der Waals surface area contributed by atoms with Crippen LogP contribution in [0.5, 0.6) is 0 Å². The van der Waals surface area contributed by atoms with Crippen LogP contribution in [0.2, 0.25) is 0 Å². The molecule has 2 amide bonds. The van der Waals surface area contributed by atoms with Gasteiger partial charge >= 0.3 is 11.9 Å². The molecule has 1 aromatic heterocycles. The van der Waals surface area contributed by atoms with Crippen molar-refractivity contribution in [2.24, 2.45) is 5.16 Å². The second-order valence-electron chi connectivity index (χ2n) is 7.41. The summed E-state index contributed by atoms with van der Waals surface area (Å²) in [4.78, 5) is 60.6. The van der Waals surface area contributed by atoms with Gasteiger partial charge in [0, 0.05) is 18.1 Å². The summed E-state index contributed by atoms with van der Waals surface area (Å²) in [5, 5.41) is 7.56. The van der Waals surface area contributed by atoms with Crippen LogP contribution in [0.3, 0.4) is 0 Å². The van der Waals surface area contributed by atoms with Crippen molar-refractivity contribution in [2.45, 2.75) is 24.6 Å². The van der Waals surface area contributed by atoms with Crippen LogP contribution in [0, 0.1) is 0 Å². The molecule has 0 radical (unpaired) electrons. The summed E-state index contributed by atoms with van der Waals surface area (Å²) in [7, 11) is 1.27. The van der Waals surface area contributed by atoms with Crippen LogP contribution < -0.4 is 11.1 Å². The van der Waals surface area contributed by atoms with Crippen LogP contribution in [0.1, 0.15) is 23.0 Å². The van der Waals surface area contributed by atoms with Gasteiger partial charge in [-0.15, -0.1) is 23.1 Å². The molecule has 1 unspecified atom stereocenters. The Kier molecular flexibility index (Phi) is 7.55. The Hall–Kier alpha value is -3.91. The third kappa shape index (κ3) is 5.18. The van der Waals surface area contributed by atoms with Gasteiger partial charge in [-0.05, 0) is 18.2 Å². The van der Waals surface area contributed by atoms with Gasteiger partial charge in [0.25, 0.3) is 11.8 Å². The number of carbonyl (C=O) groups is 4. The van der Waals surface area contributed by atoms with E-state index in [-0.39, 0.29) is 22.2 Å². The number of ether oxygens (including phenoxy) is 2. The molecule has 2 aliphatic heterocycles. The average molecular weight is 532 g/mol. The Balaban J connectivity index is 1.37. The number of benzene rings is 1. The number of rotatable bonds is 8. The summed E-state index contributed by atoms with van der Waals surface area (Å²) in [6.45, 7) is 1.40. The van der Waals surface area contributed by atoms with Crippen LogP contribution >= 0.6 is 23.1 Å². The van der Waals surface area contributed by atoms with Crippen LogP contribution in [-0.2, 0) is 28.7 Å². The number of aromatic nitrogens is 1. The number of hydrogen-bond acceptors (Lipinski definition) is 12. The summed E-state index contributed by atoms with van der Waals surface area (Å²) in [5.41, 5.74) is 6.02. The number of anilines is 1. The van der Waals surface area contributed by atoms with E-state index in [1.807, 2.05) is 0 Å². The van der Waals surface area contributed by atoms with Gasteiger partial charge in [-0.1, -0.05) is 23.4 Å². The summed E-state index contributed by atoms with van der Waals surface area (Å²) < 4.78 is 10.4. The van der Waals surface area contributed by atoms with E-state index in [0.29, 0.717) is 11.3 Å². The zero-order valence-corrected chi connectivity index (χ0v) is 20.7. The van der Waals surface area contributed by atoms with Crippen molar-refractivity contribution in [3.05, 3.63) is 58.7 Å². The molecule has 4 rings (SSSR count). The first-order chi connectivity index (χ1) is 17.3. The van der Waals surface area contributed by atoms with Gasteiger partial charge in [-0.3, -0.25) is 14.5 Å². The first-order valence-electron chi connectivity index (χ1n) is 10.6. The van der Waals surface area contributed by atoms with Gasteiger partial charge < -0.3 is 25.4 Å². The predicted molar refractivity (Wildman–Crippen MR) is 131 cm³/mol. The highest BCUT2D eigenvalue weighted by Crippen LogP contribution is 2.38. The fourth-order valence-electron chi connectivity index (χ4n) is 3.46. The van der Waals surface area contributed by atoms with E-state index < -0.39 is 41.5 Å². The normalized spacial score (nSPS) is 19.8. The lowest BCUT2D eigenvalue weighted by Crippen LogP contribution is -2.70. The summed E-state index contributed by atoms with van der Waals surface area (Å²) >= 11 is 2.48. The lowest BCUT2D eigenvalue weighted by molar-refractivity contribution is -0.166. The minimum absolute atomic E-state index is 0.00918. The van der Waals surface area contributed by atoms with E-state index >= 15 is 0 Å². The summed E-state index contributed by atoms with van der Waals surface area (Å²) in [6, 6.07) is 7.34. The molecule has 3 atom stereocenters. The van der Waals surface area contributed by atoms with Crippen molar-refractivity contribution in [1.82, 2.24) is 15.2 Å². The molecule has 0 bridgehead atoms. The van der Waals surface area contributed by atoms with Crippen molar-refractivity contribution in [2.75, 3.05) is 18.6 Å². The summed E-state index contributed by atoms with van der Waals surface area (Å²) in [5.74, 6) is -2.27. The molecule has 3 N–H and O–H groups in total. The monoisotopic (exact) mass is 531 g/mol. The number of oxime groups is 1. The number of β-lactam (4-membered cyclic amide) rings is 1. The standard InChI is InChI=1S/C22H21N5O7S2/c1-11(33-20(30)12-6-4-3-5-7-12)34-21(31)14-8-9-35-19-16(18(29)27(14)19)25-17(28)15(26-32-2)13-10-36-22(23)24-13/h3-8,10-11,16,19H,9H2,1-2H3,(H2,23,24)(H,25,28)/b26-15-/t11?,16-,19-/m1/s1. The number of nitrogens with two attached hydrogens (primary N) is 1. The van der Waals surface area contributed by atoms with Crippen molar-refractivity contribution in [3.8, 4) is 0 Å². The van der Waals surface area contributed by atoms with E-state index in [0.717, 1.165) is 11.3 Å². The second kappa shape index (κ2) is 10.8. The average Bonchev–Trinajstić information content (AvgIpc) is 3.31. The maximum Gasteiger partial charge on any atom is 0.357 e. The number of nitrogens with zero attached hydrogens (tertiary/aromatic N) is 3. The van der Waals surface area contributed by atoms with E-state index in [1.165, 1.54) is 30.7 Å². The lowest BCUT2D eigenvalue weighted by Gasteiger charge is -2.48. The van der Waals surface area contributed by atoms with Crippen LogP contribution in [0.15, 0.2) is 52.6 Å². The highest BCUT2D eigenvalue weighted by Gasteiger charge is 2.53. The van der Waals surface area contributed by atoms with E-state index in [4.69, 9.17) is 20.0 Å². The number of nitrogens with one attached hydrogen (secondary N) is 1. The molecule has 0 aliphatic carbocycles. The smallest absolute Gasteiger partial charge is 0.357 e. The molecule has 12 nitrogen and oxygen atoms in total. The van der Waals surface area contributed by atoms with Gasteiger partial charge in [0.15, 0.2) is 10.8 Å². The second-order valence-corrected chi connectivity index (χ2v) is 9.45. The molecular formula is C22H21N5O7S2. The maximum absolute atomic E-state index is 12.9. The van der Waals surface area contributed by atoms with Crippen molar-refractivity contribution in [3.63, 3.8) is 0 Å². The van der Waals surface area contributed by atoms with Crippen LogP contribution in [0.25, 0.3) is 0 Å².